The van der Waals surface area contributed by atoms with Crippen molar-refractivity contribution in [2.24, 2.45) is 5.73 Å². The fourth-order valence-corrected chi connectivity index (χ4v) is 3.74. The van der Waals surface area contributed by atoms with Gasteiger partial charge in [-0.3, -0.25) is 9.78 Å². The molecule has 0 aliphatic heterocycles. The number of carbonyl (C=O) groups is 2. The molecule has 2 N–H and O–H groups in total. The molecule has 0 saturated carbocycles. The number of aryl methyl sites for hydroxylation is 2. The number of halogens is 1. The number of nitrogens with zero attached hydrogens (tertiary/aromatic N) is 2. The van der Waals surface area contributed by atoms with Crippen molar-refractivity contribution < 1.29 is 14.0 Å². The summed E-state index contributed by atoms with van der Waals surface area (Å²) in [7, 11) is 0. The van der Waals surface area contributed by atoms with Gasteiger partial charge in [0.15, 0.2) is 5.78 Å². The smallest absolute Gasteiger partial charge is 0.161 e. The zero-order chi connectivity index (χ0) is 29.0. The van der Waals surface area contributed by atoms with E-state index in [4.69, 9.17) is 5.73 Å². The summed E-state index contributed by atoms with van der Waals surface area (Å²) in [4.78, 5) is 27.0. The van der Waals surface area contributed by atoms with Crippen LogP contribution in [0.1, 0.15) is 93.4 Å². The molecule has 0 radical (unpaired) electrons. The van der Waals surface area contributed by atoms with Gasteiger partial charge in [-0.1, -0.05) is 57.0 Å². The van der Waals surface area contributed by atoms with Crippen molar-refractivity contribution in [3.63, 3.8) is 0 Å². The number of Topliss-reactive ketones (excluding diaryl/α,β-unsaturated/α-hetero) is 2. The van der Waals surface area contributed by atoms with Crippen LogP contribution in [0.25, 0.3) is 11.3 Å². The Kier molecular flexibility index (Phi) is 16.6. The number of nitrogens with two attached hydrogens (primary N) is 1. The molecule has 3 rings (SSSR count). The van der Waals surface area contributed by atoms with Crippen LogP contribution in [-0.2, 0) is 17.6 Å². The maximum absolute atomic E-state index is 13.3. The summed E-state index contributed by atoms with van der Waals surface area (Å²) in [5.74, 6) is 0.0342. The standard InChI is InChI=1S/C23H19FN2O.C7H14O.C3H9N/c1-16(27)20-12-13-23(21-10-3-2-8-18(21)15-25)26-22(20)11-5-7-17-6-4-9-19(24)14-17;1-3-4-5-6-7(2)8;1-2-3-4/h2-4,6,8-10,12-14H,5,7,11H2,1H3;3-6H2,1-2H3;2-4H2,1H3. The van der Waals surface area contributed by atoms with Gasteiger partial charge in [-0.2, -0.15) is 5.26 Å². The highest BCUT2D eigenvalue weighted by Crippen LogP contribution is 2.24. The first-order valence-electron chi connectivity index (χ1n) is 13.7. The molecule has 208 valence electrons. The van der Waals surface area contributed by atoms with E-state index < -0.39 is 0 Å². The Balaban J connectivity index is 0.000000532. The Labute approximate surface area is 233 Å². The Hall–Kier alpha value is -3.69. The Bertz CT molecular complexity index is 1220. The molecule has 0 spiro atoms. The molecule has 0 amide bonds. The van der Waals surface area contributed by atoms with Crippen LogP contribution in [0.15, 0.2) is 60.7 Å². The summed E-state index contributed by atoms with van der Waals surface area (Å²) >= 11 is 0. The lowest BCUT2D eigenvalue weighted by Crippen LogP contribution is -2.05. The van der Waals surface area contributed by atoms with Crippen LogP contribution in [0, 0.1) is 17.1 Å². The lowest BCUT2D eigenvalue weighted by Gasteiger charge is -2.10. The monoisotopic (exact) mass is 531 g/mol. The van der Waals surface area contributed by atoms with Crippen LogP contribution in [0.3, 0.4) is 0 Å². The van der Waals surface area contributed by atoms with Gasteiger partial charge in [0.2, 0.25) is 0 Å². The van der Waals surface area contributed by atoms with Crippen molar-refractivity contribution >= 4 is 11.6 Å². The zero-order valence-corrected chi connectivity index (χ0v) is 23.8. The second-order valence-electron chi connectivity index (χ2n) is 9.34. The number of hydrogen-bond donors (Lipinski definition) is 1. The van der Waals surface area contributed by atoms with E-state index in [1.165, 1.54) is 31.9 Å². The molecular formula is C33H42FN3O2. The van der Waals surface area contributed by atoms with E-state index >= 15 is 0 Å². The molecular weight excluding hydrogens is 489 g/mol. The molecule has 0 atom stereocenters. The molecule has 6 heteroatoms. The largest absolute Gasteiger partial charge is 0.330 e. The number of ketones is 2. The predicted molar refractivity (Wildman–Crippen MR) is 157 cm³/mol. The third-order valence-corrected chi connectivity index (χ3v) is 5.87. The molecule has 3 aromatic rings. The topological polar surface area (TPSA) is 96.8 Å². The van der Waals surface area contributed by atoms with E-state index in [0.29, 0.717) is 41.1 Å². The predicted octanol–water partition coefficient (Wildman–Crippen LogP) is 7.65. The first kappa shape index (κ1) is 33.3. The van der Waals surface area contributed by atoms with Crippen LogP contribution in [0.4, 0.5) is 4.39 Å². The number of carbonyl (C=O) groups excluding carboxylic acids is 2. The van der Waals surface area contributed by atoms with Crippen molar-refractivity contribution in [2.75, 3.05) is 6.54 Å². The molecule has 1 heterocycles. The molecule has 0 fully saturated rings. The molecule has 0 unspecified atom stereocenters. The van der Waals surface area contributed by atoms with Crippen molar-refractivity contribution in [2.45, 2.75) is 79.1 Å². The molecule has 39 heavy (non-hydrogen) atoms. The minimum atomic E-state index is -0.245. The lowest BCUT2D eigenvalue weighted by atomic mass is 9.99. The van der Waals surface area contributed by atoms with E-state index in [-0.39, 0.29) is 11.6 Å². The molecule has 2 aromatic carbocycles. The van der Waals surface area contributed by atoms with E-state index in [2.05, 4.69) is 24.9 Å². The first-order valence-corrected chi connectivity index (χ1v) is 13.7. The number of aromatic nitrogens is 1. The molecule has 1 aromatic heterocycles. The zero-order valence-electron chi connectivity index (χ0n) is 23.8. The number of rotatable bonds is 11. The van der Waals surface area contributed by atoms with Gasteiger partial charge in [0.25, 0.3) is 0 Å². The summed E-state index contributed by atoms with van der Waals surface area (Å²) in [5, 5.41) is 9.32. The fraction of sp³-hybridized carbons (Fsp3) is 0.394. The number of nitriles is 1. The number of hydrogen-bond acceptors (Lipinski definition) is 5. The van der Waals surface area contributed by atoms with Crippen LogP contribution in [0.5, 0.6) is 0 Å². The summed E-state index contributed by atoms with van der Waals surface area (Å²) in [6, 6.07) is 19.5. The molecule has 5 nitrogen and oxygen atoms in total. The van der Waals surface area contributed by atoms with Gasteiger partial charge in [0.05, 0.1) is 23.0 Å². The Morgan fingerprint density at radius 2 is 1.64 bits per heavy atom. The third-order valence-electron chi connectivity index (χ3n) is 5.87. The van der Waals surface area contributed by atoms with Gasteiger partial charge < -0.3 is 10.5 Å². The van der Waals surface area contributed by atoms with Crippen LogP contribution in [0.2, 0.25) is 0 Å². The van der Waals surface area contributed by atoms with E-state index in [9.17, 15) is 19.2 Å². The normalized spacial score (nSPS) is 9.87. The van der Waals surface area contributed by atoms with E-state index in [1.807, 2.05) is 24.3 Å². The SMILES string of the molecule is CC(=O)c1ccc(-c2ccccc2C#N)nc1CCCc1cccc(F)c1.CCCCCC(C)=O.CCCN. The van der Waals surface area contributed by atoms with Gasteiger partial charge in [-0.05, 0) is 88.4 Å². The summed E-state index contributed by atoms with van der Waals surface area (Å²) in [6.45, 7) is 8.19. The molecule has 0 aliphatic carbocycles. The van der Waals surface area contributed by atoms with Crippen molar-refractivity contribution in [3.8, 4) is 17.3 Å². The minimum Gasteiger partial charge on any atom is -0.330 e. The van der Waals surface area contributed by atoms with Crippen molar-refractivity contribution in [3.05, 3.63) is 88.9 Å². The average Bonchev–Trinajstić information content (AvgIpc) is 2.93. The van der Waals surface area contributed by atoms with Gasteiger partial charge in [0, 0.05) is 17.5 Å². The quantitative estimate of drug-likeness (QED) is 0.202. The highest BCUT2D eigenvalue weighted by atomic mass is 19.1. The van der Waals surface area contributed by atoms with Gasteiger partial charge in [-0.25, -0.2) is 4.39 Å². The summed E-state index contributed by atoms with van der Waals surface area (Å²) in [5.41, 5.74) is 9.23. The summed E-state index contributed by atoms with van der Waals surface area (Å²) in [6.07, 6.45) is 7.40. The molecule has 0 aliphatic rings. The van der Waals surface area contributed by atoms with Crippen LogP contribution in [-0.4, -0.2) is 23.1 Å². The number of pyridine rings is 1. The van der Waals surface area contributed by atoms with Gasteiger partial charge >= 0.3 is 0 Å². The molecule has 0 bridgehead atoms. The van der Waals surface area contributed by atoms with Gasteiger partial charge in [-0.15, -0.1) is 0 Å². The van der Waals surface area contributed by atoms with Crippen molar-refractivity contribution in [1.82, 2.24) is 4.98 Å². The number of unbranched alkanes of at least 4 members (excludes halogenated alkanes) is 2. The Morgan fingerprint density at radius 3 is 2.23 bits per heavy atom. The highest BCUT2D eigenvalue weighted by molar-refractivity contribution is 5.95. The second-order valence-corrected chi connectivity index (χ2v) is 9.34. The minimum absolute atomic E-state index is 0.0385. The number of benzene rings is 2. The highest BCUT2D eigenvalue weighted by Gasteiger charge is 2.13. The van der Waals surface area contributed by atoms with Crippen LogP contribution >= 0.6 is 0 Å². The maximum Gasteiger partial charge on any atom is 0.161 e. The van der Waals surface area contributed by atoms with Crippen molar-refractivity contribution in [1.29, 1.82) is 5.26 Å². The molecule has 0 saturated heterocycles. The average molecular weight is 532 g/mol. The summed E-state index contributed by atoms with van der Waals surface area (Å²) < 4.78 is 13.3. The third kappa shape index (κ3) is 13.1. The first-order chi connectivity index (χ1) is 18.8. The van der Waals surface area contributed by atoms with E-state index in [0.717, 1.165) is 43.4 Å². The lowest BCUT2D eigenvalue weighted by molar-refractivity contribution is -0.117. The fourth-order valence-electron chi connectivity index (χ4n) is 3.74. The van der Waals surface area contributed by atoms with Crippen LogP contribution < -0.4 is 5.73 Å². The Morgan fingerprint density at radius 1 is 0.923 bits per heavy atom. The maximum atomic E-state index is 13.3. The second kappa shape index (κ2) is 19.4. The van der Waals surface area contributed by atoms with E-state index in [1.54, 1.807) is 31.2 Å². The van der Waals surface area contributed by atoms with Gasteiger partial charge in [0.1, 0.15) is 11.6 Å².